The highest BCUT2D eigenvalue weighted by Crippen LogP contribution is 2.04. The molecular weight excluding hydrogens is 182 g/mol. The minimum absolute atomic E-state index is 0.0415. The minimum Gasteiger partial charge on any atom is -0.370 e. The third-order valence-corrected chi connectivity index (χ3v) is 2.08. The molecule has 0 radical (unpaired) electrons. The van der Waals surface area contributed by atoms with E-state index in [1.165, 1.54) is 6.42 Å². The first kappa shape index (κ1) is 11.0. The summed E-state index contributed by atoms with van der Waals surface area (Å²) in [5.74, 6) is -0.232. The first-order valence-corrected chi connectivity index (χ1v) is 4.77. The molecule has 1 saturated heterocycles. The molecule has 78 valence electrons. The van der Waals surface area contributed by atoms with Crippen molar-refractivity contribution in [1.82, 2.24) is 10.6 Å². The highest BCUT2D eigenvalue weighted by molar-refractivity contribution is 5.77. The van der Waals surface area contributed by atoms with Crippen molar-refractivity contribution in [3.05, 3.63) is 0 Å². The van der Waals surface area contributed by atoms with Gasteiger partial charge in [0.2, 0.25) is 5.91 Å². The second-order valence-electron chi connectivity index (χ2n) is 3.24. The van der Waals surface area contributed by atoms with Crippen molar-refractivity contribution in [3.8, 4) is 6.07 Å². The average Bonchev–Trinajstić information content (AvgIpc) is 2.67. The van der Waals surface area contributed by atoms with Crippen LogP contribution >= 0.6 is 0 Å². The van der Waals surface area contributed by atoms with Crippen LogP contribution in [0.4, 0.5) is 0 Å². The number of carbonyl (C=O) groups is 1. The number of carbonyl (C=O) groups excluding carboxylic acids is 1. The van der Waals surface area contributed by atoms with Gasteiger partial charge in [0.05, 0.1) is 12.7 Å². The standard InChI is InChI=1S/C9H15N3O2/c10-3-5-12-9(13)7-14-6-8-2-1-4-11-8/h8,11H,1-2,4-7H2,(H,12,13). The Bertz CT molecular complexity index is 219. The third-order valence-electron chi connectivity index (χ3n) is 2.08. The van der Waals surface area contributed by atoms with E-state index in [9.17, 15) is 4.79 Å². The third kappa shape index (κ3) is 4.21. The lowest BCUT2D eigenvalue weighted by Gasteiger charge is -2.09. The maximum atomic E-state index is 11.0. The molecule has 5 heteroatoms. The molecule has 1 fully saturated rings. The number of hydrogen-bond donors (Lipinski definition) is 2. The molecule has 1 rings (SSSR count). The van der Waals surface area contributed by atoms with E-state index in [1.807, 2.05) is 6.07 Å². The van der Waals surface area contributed by atoms with E-state index in [-0.39, 0.29) is 19.1 Å². The zero-order valence-electron chi connectivity index (χ0n) is 8.08. The van der Waals surface area contributed by atoms with Gasteiger partial charge in [0.1, 0.15) is 13.2 Å². The molecule has 0 aliphatic carbocycles. The van der Waals surface area contributed by atoms with E-state index < -0.39 is 0 Å². The van der Waals surface area contributed by atoms with Gasteiger partial charge in [-0.3, -0.25) is 4.79 Å². The smallest absolute Gasteiger partial charge is 0.246 e. The Labute approximate surface area is 83.4 Å². The fraction of sp³-hybridized carbons (Fsp3) is 0.778. The fourth-order valence-electron chi connectivity index (χ4n) is 1.38. The Hall–Kier alpha value is -1.12. The van der Waals surface area contributed by atoms with Gasteiger partial charge < -0.3 is 15.4 Å². The number of hydrogen-bond acceptors (Lipinski definition) is 4. The SMILES string of the molecule is N#CCNC(=O)COCC1CCCN1. The lowest BCUT2D eigenvalue weighted by atomic mass is 10.2. The van der Waals surface area contributed by atoms with Crippen LogP contribution in [0.15, 0.2) is 0 Å². The van der Waals surface area contributed by atoms with Crippen LogP contribution in [0.2, 0.25) is 0 Å². The maximum Gasteiger partial charge on any atom is 0.246 e. The first-order valence-electron chi connectivity index (χ1n) is 4.77. The molecule has 1 atom stereocenters. The number of rotatable bonds is 5. The van der Waals surface area contributed by atoms with Crippen LogP contribution in [0.1, 0.15) is 12.8 Å². The van der Waals surface area contributed by atoms with Crippen molar-refractivity contribution < 1.29 is 9.53 Å². The quantitative estimate of drug-likeness (QED) is 0.577. The van der Waals surface area contributed by atoms with Crippen LogP contribution < -0.4 is 10.6 Å². The van der Waals surface area contributed by atoms with Crippen LogP contribution in [0.3, 0.4) is 0 Å². The summed E-state index contributed by atoms with van der Waals surface area (Å²) < 4.78 is 5.19. The highest BCUT2D eigenvalue weighted by Gasteiger charge is 2.14. The van der Waals surface area contributed by atoms with Crippen LogP contribution in [-0.2, 0) is 9.53 Å². The zero-order valence-corrected chi connectivity index (χ0v) is 8.08. The minimum atomic E-state index is -0.232. The van der Waals surface area contributed by atoms with E-state index in [0.717, 1.165) is 13.0 Å². The van der Waals surface area contributed by atoms with Crippen molar-refractivity contribution in [2.24, 2.45) is 0 Å². The second-order valence-corrected chi connectivity index (χ2v) is 3.24. The summed E-state index contributed by atoms with van der Waals surface area (Å²) in [7, 11) is 0. The molecule has 2 N–H and O–H groups in total. The molecule has 0 aromatic carbocycles. The lowest BCUT2D eigenvalue weighted by Crippen LogP contribution is -2.32. The molecule has 0 aromatic heterocycles. The van der Waals surface area contributed by atoms with Crippen LogP contribution in [0.5, 0.6) is 0 Å². The molecule has 1 heterocycles. The summed E-state index contributed by atoms with van der Waals surface area (Å²) >= 11 is 0. The molecule has 0 aromatic rings. The zero-order chi connectivity index (χ0) is 10.2. The topological polar surface area (TPSA) is 74.2 Å². The highest BCUT2D eigenvalue weighted by atomic mass is 16.5. The normalized spacial score (nSPS) is 20.4. The van der Waals surface area contributed by atoms with E-state index in [4.69, 9.17) is 10.00 Å². The molecule has 5 nitrogen and oxygen atoms in total. The number of nitrogens with one attached hydrogen (secondary N) is 2. The molecule has 1 aliphatic heterocycles. The van der Waals surface area contributed by atoms with E-state index >= 15 is 0 Å². The van der Waals surface area contributed by atoms with Crippen LogP contribution in [0, 0.1) is 11.3 Å². The molecule has 14 heavy (non-hydrogen) atoms. The van der Waals surface area contributed by atoms with E-state index in [0.29, 0.717) is 12.6 Å². The van der Waals surface area contributed by atoms with Gasteiger partial charge in [0.25, 0.3) is 0 Å². The van der Waals surface area contributed by atoms with Gasteiger partial charge in [-0.15, -0.1) is 0 Å². The van der Waals surface area contributed by atoms with Crippen molar-refractivity contribution >= 4 is 5.91 Å². The predicted octanol–water partition coefficient (Wildman–Crippen LogP) is -0.605. The van der Waals surface area contributed by atoms with E-state index in [1.54, 1.807) is 0 Å². The molecular formula is C9H15N3O2. The van der Waals surface area contributed by atoms with E-state index in [2.05, 4.69) is 10.6 Å². The Kier molecular flexibility index (Phi) is 4.97. The lowest BCUT2D eigenvalue weighted by molar-refractivity contribution is -0.125. The van der Waals surface area contributed by atoms with Crippen LogP contribution in [-0.4, -0.2) is 38.3 Å². The molecule has 0 saturated carbocycles. The van der Waals surface area contributed by atoms with Gasteiger partial charge in [0, 0.05) is 6.04 Å². The summed E-state index contributed by atoms with van der Waals surface area (Å²) in [5, 5.41) is 13.9. The predicted molar refractivity (Wildman–Crippen MR) is 50.5 cm³/mol. The molecule has 1 aliphatic rings. The Morgan fingerprint density at radius 2 is 2.57 bits per heavy atom. The Morgan fingerprint density at radius 1 is 1.71 bits per heavy atom. The molecule has 1 amide bonds. The van der Waals surface area contributed by atoms with Gasteiger partial charge >= 0.3 is 0 Å². The van der Waals surface area contributed by atoms with Crippen molar-refractivity contribution in [1.29, 1.82) is 5.26 Å². The monoisotopic (exact) mass is 197 g/mol. The van der Waals surface area contributed by atoms with Gasteiger partial charge in [-0.2, -0.15) is 5.26 Å². The van der Waals surface area contributed by atoms with Crippen molar-refractivity contribution in [3.63, 3.8) is 0 Å². The molecule has 1 unspecified atom stereocenters. The van der Waals surface area contributed by atoms with Gasteiger partial charge in [-0.1, -0.05) is 0 Å². The Morgan fingerprint density at radius 3 is 3.21 bits per heavy atom. The Balaban J connectivity index is 1.97. The van der Waals surface area contributed by atoms with Crippen molar-refractivity contribution in [2.45, 2.75) is 18.9 Å². The second kappa shape index (κ2) is 6.35. The van der Waals surface area contributed by atoms with Crippen molar-refractivity contribution in [2.75, 3.05) is 26.3 Å². The summed E-state index contributed by atoms with van der Waals surface area (Å²) in [6, 6.07) is 2.22. The molecule has 0 spiro atoms. The first-order chi connectivity index (χ1) is 6.83. The van der Waals surface area contributed by atoms with Gasteiger partial charge in [-0.05, 0) is 19.4 Å². The van der Waals surface area contributed by atoms with Gasteiger partial charge in [-0.25, -0.2) is 0 Å². The number of nitriles is 1. The number of amides is 1. The summed E-state index contributed by atoms with van der Waals surface area (Å²) in [6.07, 6.45) is 2.29. The largest absolute Gasteiger partial charge is 0.370 e. The van der Waals surface area contributed by atoms with Crippen LogP contribution in [0.25, 0.3) is 0 Å². The fourth-order valence-corrected chi connectivity index (χ4v) is 1.38. The van der Waals surface area contributed by atoms with Gasteiger partial charge in [0.15, 0.2) is 0 Å². The summed E-state index contributed by atoms with van der Waals surface area (Å²) in [4.78, 5) is 11.0. The number of ether oxygens (including phenoxy) is 1. The molecule has 0 bridgehead atoms. The number of nitrogens with zero attached hydrogens (tertiary/aromatic N) is 1. The summed E-state index contributed by atoms with van der Waals surface area (Å²) in [6.45, 7) is 1.69. The summed E-state index contributed by atoms with van der Waals surface area (Å²) in [5.41, 5.74) is 0. The average molecular weight is 197 g/mol. The maximum absolute atomic E-state index is 11.0.